The number of aromatic nitrogens is 2. The van der Waals surface area contributed by atoms with E-state index < -0.39 is 0 Å². The van der Waals surface area contributed by atoms with Gasteiger partial charge in [-0.1, -0.05) is 23.7 Å². The number of carbonyl (C=O) groups excluding carboxylic acids is 1. The molecule has 2 aromatic heterocycles. The molecule has 0 fully saturated rings. The monoisotopic (exact) mass is 421 g/mol. The standard InChI is InChI=1S/C19H20ClN3O2S2/c1-23-10-9-21-19(23)18(13-3-5-14(25-2)6-4-13)22-17(24)12-26-11-15-7-8-16(20)27-15/h3-10,18H,11-12H2,1-2H3,(H,22,24)/t18-/m1/s1. The number of benzene rings is 1. The van der Waals surface area contributed by atoms with Gasteiger partial charge in [0.1, 0.15) is 17.6 Å². The summed E-state index contributed by atoms with van der Waals surface area (Å²) in [6.07, 6.45) is 3.60. The van der Waals surface area contributed by atoms with Crippen molar-refractivity contribution in [2.45, 2.75) is 11.8 Å². The van der Waals surface area contributed by atoms with Gasteiger partial charge in [0, 0.05) is 30.1 Å². The van der Waals surface area contributed by atoms with E-state index in [9.17, 15) is 4.79 Å². The fourth-order valence-electron chi connectivity index (χ4n) is 2.62. The van der Waals surface area contributed by atoms with Gasteiger partial charge in [-0.3, -0.25) is 4.79 Å². The number of methoxy groups -OCH3 is 1. The maximum Gasteiger partial charge on any atom is 0.230 e. The molecule has 0 saturated heterocycles. The van der Waals surface area contributed by atoms with Crippen molar-refractivity contribution in [3.05, 3.63) is 69.4 Å². The van der Waals surface area contributed by atoms with Gasteiger partial charge in [-0.25, -0.2) is 4.98 Å². The van der Waals surface area contributed by atoms with Crippen LogP contribution in [0.3, 0.4) is 0 Å². The first-order chi connectivity index (χ1) is 13.1. The molecule has 3 aromatic rings. The van der Waals surface area contributed by atoms with Gasteiger partial charge in [0.05, 0.1) is 17.2 Å². The molecule has 1 amide bonds. The summed E-state index contributed by atoms with van der Waals surface area (Å²) in [5.41, 5.74) is 0.952. The average molecular weight is 422 g/mol. The summed E-state index contributed by atoms with van der Waals surface area (Å²) >= 11 is 9.05. The Morgan fingerprint density at radius 3 is 2.70 bits per heavy atom. The Labute approximate surface area is 171 Å². The highest BCUT2D eigenvalue weighted by atomic mass is 35.5. The molecule has 1 N–H and O–H groups in total. The normalized spacial score (nSPS) is 12.0. The Hall–Kier alpha value is -1.96. The lowest BCUT2D eigenvalue weighted by molar-refractivity contribution is -0.119. The van der Waals surface area contributed by atoms with Crippen LogP contribution in [0.5, 0.6) is 5.75 Å². The number of hydrogen-bond donors (Lipinski definition) is 1. The molecule has 5 nitrogen and oxygen atoms in total. The van der Waals surface area contributed by atoms with E-state index in [1.807, 2.05) is 54.2 Å². The Morgan fingerprint density at radius 2 is 2.11 bits per heavy atom. The number of amides is 1. The average Bonchev–Trinajstić information content (AvgIpc) is 3.28. The van der Waals surface area contributed by atoms with Crippen molar-refractivity contribution in [1.82, 2.24) is 14.9 Å². The fraction of sp³-hybridized carbons (Fsp3) is 0.263. The highest BCUT2D eigenvalue weighted by Crippen LogP contribution is 2.26. The number of thiophene rings is 1. The third kappa shape index (κ3) is 5.28. The molecule has 142 valence electrons. The van der Waals surface area contributed by atoms with Gasteiger partial charge in [-0.15, -0.1) is 23.1 Å². The summed E-state index contributed by atoms with van der Waals surface area (Å²) in [7, 11) is 3.55. The topological polar surface area (TPSA) is 56.1 Å². The summed E-state index contributed by atoms with van der Waals surface area (Å²) in [4.78, 5) is 18.1. The van der Waals surface area contributed by atoms with E-state index >= 15 is 0 Å². The second-order valence-corrected chi connectivity index (χ2v) is 8.65. The molecule has 0 unspecified atom stereocenters. The number of rotatable bonds is 8. The van der Waals surface area contributed by atoms with Crippen molar-refractivity contribution < 1.29 is 9.53 Å². The first-order valence-corrected chi connectivity index (χ1v) is 10.6. The number of nitrogens with one attached hydrogen (secondary N) is 1. The number of carbonyl (C=O) groups is 1. The Bertz CT molecular complexity index is 893. The third-order valence-electron chi connectivity index (χ3n) is 3.98. The molecule has 8 heteroatoms. The quantitative estimate of drug-likeness (QED) is 0.589. The predicted molar refractivity (Wildman–Crippen MR) is 112 cm³/mol. The Balaban J connectivity index is 1.67. The second kappa shape index (κ2) is 9.30. The zero-order valence-corrected chi connectivity index (χ0v) is 17.4. The number of nitrogens with zero attached hydrogens (tertiary/aromatic N) is 2. The molecular weight excluding hydrogens is 402 g/mol. The van der Waals surface area contributed by atoms with Gasteiger partial charge in [-0.05, 0) is 29.8 Å². The summed E-state index contributed by atoms with van der Waals surface area (Å²) in [6.45, 7) is 0. The van der Waals surface area contributed by atoms with Crippen LogP contribution in [0.4, 0.5) is 0 Å². The summed E-state index contributed by atoms with van der Waals surface area (Å²) < 4.78 is 7.90. The molecule has 0 aliphatic rings. The van der Waals surface area contributed by atoms with E-state index in [0.717, 1.165) is 32.1 Å². The molecule has 3 rings (SSSR count). The van der Waals surface area contributed by atoms with E-state index in [1.54, 1.807) is 36.4 Å². The van der Waals surface area contributed by atoms with E-state index in [4.69, 9.17) is 16.3 Å². The van der Waals surface area contributed by atoms with E-state index in [-0.39, 0.29) is 11.9 Å². The van der Waals surface area contributed by atoms with Crippen LogP contribution in [0.15, 0.2) is 48.8 Å². The fourth-order valence-corrected chi connectivity index (χ4v) is 4.66. The summed E-state index contributed by atoms with van der Waals surface area (Å²) in [5, 5.41) is 3.10. The molecule has 0 aliphatic carbocycles. The van der Waals surface area contributed by atoms with Gasteiger partial charge in [0.2, 0.25) is 5.91 Å². The number of aryl methyl sites for hydroxylation is 1. The minimum atomic E-state index is -0.319. The Morgan fingerprint density at radius 1 is 1.33 bits per heavy atom. The van der Waals surface area contributed by atoms with Crippen LogP contribution in [0.1, 0.15) is 22.3 Å². The molecule has 0 bridgehead atoms. The SMILES string of the molecule is COc1ccc([C@@H](NC(=O)CSCc2ccc(Cl)s2)c2nccn2C)cc1. The molecule has 0 saturated carbocycles. The smallest absolute Gasteiger partial charge is 0.230 e. The zero-order valence-electron chi connectivity index (χ0n) is 15.0. The van der Waals surface area contributed by atoms with Crippen LogP contribution in [0.2, 0.25) is 4.34 Å². The highest BCUT2D eigenvalue weighted by molar-refractivity contribution is 7.99. The lowest BCUT2D eigenvalue weighted by Gasteiger charge is -2.19. The predicted octanol–water partition coefficient (Wildman–Crippen LogP) is 4.28. The van der Waals surface area contributed by atoms with Crippen molar-refractivity contribution >= 4 is 40.6 Å². The minimum absolute atomic E-state index is 0.0357. The third-order valence-corrected chi connectivity index (χ3v) is 6.37. The first kappa shape index (κ1) is 19.8. The molecule has 0 aliphatic heterocycles. The van der Waals surface area contributed by atoms with Crippen molar-refractivity contribution in [3.63, 3.8) is 0 Å². The van der Waals surface area contributed by atoms with Crippen molar-refractivity contribution in [2.75, 3.05) is 12.9 Å². The van der Waals surface area contributed by atoms with Crippen LogP contribution in [0, 0.1) is 0 Å². The van der Waals surface area contributed by atoms with Crippen LogP contribution >= 0.6 is 34.7 Å². The van der Waals surface area contributed by atoms with Gasteiger partial charge in [-0.2, -0.15) is 0 Å². The first-order valence-electron chi connectivity index (χ1n) is 8.29. The van der Waals surface area contributed by atoms with E-state index in [1.165, 1.54) is 0 Å². The number of halogens is 1. The number of hydrogen-bond acceptors (Lipinski definition) is 5. The van der Waals surface area contributed by atoms with E-state index in [2.05, 4.69) is 10.3 Å². The molecule has 0 spiro atoms. The van der Waals surface area contributed by atoms with Crippen LogP contribution in [0.25, 0.3) is 0 Å². The van der Waals surface area contributed by atoms with Crippen molar-refractivity contribution in [1.29, 1.82) is 0 Å². The summed E-state index contributed by atoms with van der Waals surface area (Å²) in [5.74, 6) is 2.65. The maximum absolute atomic E-state index is 12.5. The zero-order chi connectivity index (χ0) is 19.2. The minimum Gasteiger partial charge on any atom is -0.497 e. The number of thioether (sulfide) groups is 1. The number of ether oxygens (including phenoxy) is 1. The van der Waals surface area contributed by atoms with Crippen molar-refractivity contribution in [2.24, 2.45) is 7.05 Å². The van der Waals surface area contributed by atoms with Crippen LogP contribution in [-0.4, -0.2) is 28.3 Å². The van der Waals surface area contributed by atoms with Gasteiger partial charge >= 0.3 is 0 Å². The van der Waals surface area contributed by atoms with Crippen molar-refractivity contribution in [3.8, 4) is 5.75 Å². The van der Waals surface area contributed by atoms with Gasteiger partial charge < -0.3 is 14.6 Å². The van der Waals surface area contributed by atoms with Crippen LogP contribution in [-0.2, 0) is 17.6 Å². The van der Waals surface area contributed by atoms with Gasteiger partial charge in [0.15, 0.2) is 0 Å². The largest absolute Gasteiger partial charge is 0.497 e. The molecular formula is C19H20ClN3O2S2. The second-order valence-electron chi connectivity index (χ2n) is 5.87. The van der Waals surface area contributed by atoms with Crippen LogP contribution < -0.4 is 10.1 Å². The molecule has 1 aromatic carbocycles. The molecule has 0 radical (unpaired) electrons. The molecule has 1 atom stereocenters. The van der Waals surface area contributed by atoms with Gasteiger partial charge in [0.25, 0.3) is 0 Å². The Kier molecular flexibility index (Phi) is 6.82. The highest BCUT2D eigenvalue weighted by Gasteiger charge is 2.20. The lowest BCUT2D eigenvalue weighted by Crippen LogP contribution is -2.32. The summed E-state index contributed by atoms with van der Waals surface area (Å²) in [6, 6.07) is 11.2. The van der Waals surface area contributed by atoms with E-state index in [0.29, 0.717) is 5.75 Å². The maximum atomic E-state index is 12.5. The number of imidazole rings is 1. The molecule has 2 heterocycles. The molecule has 27 heavy (non-hydrogen) atoms. The lowest BCUT2D eigenvalue weighted by atomic mass is 10.1.